The van der Waals surface area contributed by atoms with Crippen molar-refractivity contribution in [2.45, 2.75) is 6.92 Å². The number of halogens is 1. The van der Waals surface area contributed by atoms with Crippen LogP contribution in [0.2, 0.25) is 0 Å². The minimum absolute atomic E-state index is 0.309. The van der Waals surface area contributed by atoms with E-state index in [1.54, 1.807) is 44.4 Å². The number of anilines is 3. The Morgan fingerprint density at radius 2 is 2.05 bits per heavy atom. The zero-order chi connectivity index (χ0) is 15.7. The third-order valence-electron chi connectivity index (χ3n) is 3.43. The average molecular weight is 298 g/mol. The van der Waals surface area contributed by atoms with Gasteiger partial charge in [-0.2, -0.15) is 0 Å². The van der Waals surface area contributed by atoms with E-state index in [0.717, 1.165) is 0 Å². The molecule has 1 heterocycles. The van der Waals surface area contributed by atoms with Crippen LogP contribution in [0.1, 0.15) is 5.56 Å². The number of hydrogen-bond donors (Lipinski definition) is 2. The molecule has 0 aliphatic carbocycles. The fourth-order valence-electron chi connectivity index (χ4n) is 2.25. The number of aromatic nitrogens is 2. The molecule has 0 fully saturated rings. The Kier molecular flexibility index (Phi) is 3.50. The first-order valence-corrected chi connectivity index (χ1v) is 6.70. The molecule has 1 aromatic heterocycles. The van der Waals surface area contributed by atoms with Crippen LogP contribution in [0.25, 0.3) is 10.9 Å². The normalized spacial score (nSPS) is 10.7. The zero-order valence-electron chi connectivity index (χ0n) is 12.2. The van der Waals surface area contributed by atoms with Crippen molar-refractivity contribution >= 4 is 28.1 Å². The van der Waals surface area contributed by atoms with E-state index in [1.165, 1.54) is 6.33 Å². The Balaban J connectivity index is 2.11. The Morgan fingerprint density at radius 3 is 2.82 bits per heavy atom. The maximum Gasteiger partial charge on any atom is 0.149 e. The molecule has 22 heavy (non-hydrogen) atoms. The molecule has 5 nitrogen and oxygen atoms in total. The van der Waals surface area contributed by atoms with Crippen molar-refractivity contribution in [2.75, 3.05) is 18.2 Å². The number of nitrogen functional groups attached to an aromatic ring is 1. The molecule has 0 spiro atoms. The van der Waals surface area contributed by atoms with Crippen molar-refractivity contribution in [3.05, 3.63) is 48.0 Å². The lowest BCUT2D eigenvalue weighted by Crippen LogP contribution is -2.00. The highest BCUT2D eigenvalue weighted by atomic mass is 19.1. The van der Waals surface area contributed by atoms with Gasteiger partial charge in [-0.25, -0.2) is 14.4 Å². The summed E-state index contributed by atoms with van der Waals surface area (Å²) in [7, 11) is 1.54. The van der Waals surface area contributed by atoms with Gasteiger partial charge < -0.3 is 15.8 Å². The third kappa shape index (κ3) is 2.39. The van der Waals surface area contributed by atoms with E-state index in [-0.39, 0.29) is 5.82 Å². The Morgan fingerprint density at radius 1 is 1.23 bits per heavy atom. The van der Waals surface area contributed by atoms with Gasteiger partial charge in [0.2, 0.25) is 0 Å². The van der Waals surface area contributed by atoms with E-state index in [9.17, 15) is 4.39 Å². The van der Waals surface area contributed by atoms with Gasteiger partial charge >= 0.3 is 0 Å². The van der Waals surface area contributed by atoms with E-state index in [1.807, 2.05) is 0 Å². The fraction of sp³-hybridized carbons (Fsp3) is 0.125. The molecule has 0 amide bonds. The van der Waals surface area contributed by atoms with E-state index >= 15 is 0 Å². The minimum atomic E-state index is -0.309. The highest BCUT2D eigenvalue weighted by molar-refractivity contribution is 5.94. The molecule has 0 saturated carbocycles. The maximum atomic E-state index is 14.1. The highest BCUT2D eigenvalue weighted by Crippen LogP contribution is 2.31. The molecule has 3 N–H and O–H groups in total. The zero-order valence-corrected chi connectivity index (χ0v) is 12.2. The molecule has 0 unspecified atom stereocenters. The van der Waals surface area contributed by atoms with Gasteiger partial charge in [-0.15, -0.1) is 0 Å². The Hall–Kier alpha value is -2.89. The molecule has 112 valence electrons. The van der Waals surface area contributed by atoms with Gasteiger partial charge in [0.05, 0.1) is 24.0 Å². The van der Waals surface area contributed by atoms with E-state index < -0.39 is 0 Å². The van der Waals surface area contributed by atoms with Gasteiger partial charge in [0.25, 0.3) is 0 Å². The topological polar surface area (TPSA) is 73.1 Å². The lowest BCUT2D eigenvalue weighted by molar-refractivity contribution is 0.417. The van der Waals surface area contributed by atoms with Crippen LogP contribution >= 0.6 is 0 Å². The molecule has 0 bridgehead atoms. The molecular formula is C16H15FN4O. The van der Waals surface area contributed by atoms with Crippen molar-refractivity contribution in [1.29, 1.82) is 0 Å². The number of aryl methyl sites for hydroxylation is 1. The number of nitrogens with one attached hydrogen (secondary N) is 1. The maximum absolute atomic E-state index is 14.1. The molecule has 3 aromatic rings. The van der Waals surface area contributed by atoms with Crippen molar-refractivity contribution in [3.63, 3.8) is 0 Å². The molecule has 0 radical (unpaired) electrons. The molecule has 0 aliphatic rings. The van der Waals surface area contributed by atoms with Gasteiger partial charge in [0.15, 0.2) is 0 Å². The second-order valence-electron chi connectivity index (χ2n) is 4.90. The predicted molar refractivity (Wildman–Crippen MR) is 84.9 cm³/mol. The van der Waals surface area contributed by atoms with Gasteiger partial charge in [0, 0.05) is 11.5 Å². The van der Waals surface area contributed by atoms with Crippen LogP contribution in [-0.2, 0) is 0 Å². The minimum Gasteiger partial charge on any atom is -0.495 e. The second-order valence-corrected chi connectivity index (χ2v) is 4.90. The summed E-state index contributed by atoms with van der Waals surface area (Å²) in [6, 6.07) is 8.58. The summed E-state index contributed by atoms with van der Waals surface area (Å²) in [5.74, 6) is 0.721. The molecule has 6 heteroatoms. The highest BCUT2D eigenvalue weighted by Gasteiger charge is 2.11. The first-order valence-electron chi connectivity index (χ1n) is 6.70. The van der Waals surface area contributed by atoms with Crippen LogP contribution in [-0.4, -0.2) is 17.1 Å². The summed E-state index contributed by atoms with van der Waals surface area (Å²) in [6.07, 6.45) is 1.41. The van der Waals surface area contributed by atoms with Crippen LogP contribution < -0.4 is 15.8 Å². The number of nitrogens with two attached hydrogens (primary N) is 1. The van der Waals surface area contributed by atoms with E-state index in [4.69, 9.17) is 10.5 Å². The van der Waals surface area contributed by atoms with Gasteiger partial charge in [-0.05, 0) is 24.6 Å². The van der Waals surface area contributed by atoms with Crippen molar-refractivity contribution in [2.24, 2.45) is 0 Å². The largest absolute Gasteiger partial charge is 0.495 e. The summed E-state index contributed by atoms with van der Waals surface area (Å²) < 4.78 is 19.3. The Bertz CT molecular complexity index is 851. The quantitative estimate of drug-likeness (QED) is 0.725. The number of ether oxygens (including phenoxy) is 1. The summed E-state index contributed by atoms with van der Waals surface area (Å²) >= 11 is 0. The molecule has 0 atom stereocenters. The standard InChI is InChI=1S/C16H15FN4O/c1-9-4-3-5-12(15(9)17)21-16-10-6-11(18)14(22-2)7-13(10)19-8-20-16/h3-8H,18H2,1-2H3,(H,19,20,21). The van der Waals surface area contributed by atoms with E-state index in [0.29, 0.717) is 39.4 Å². The van der Waals surface area contributed by atoms with Crippen LogP contribution in [0.15, 0.2) is 36.7 Å². The van der Waals surface area contributed by atoms with Crippen LogP contribution in [0.3, 0.4) is 0 Å². The third-order valence-corrected chi connectivity index (χ3v) is 3.43. The van der Waals surface area contributed by atoms with Crippen LogP contribution in [0, 0.1) is 12.7 Å². The molecular weight excluding hydrogens is 283 g/mol. The number of hydrogen-bond acceptors (Lipinski definition) is 5. The number of nitrogens with zero attached hydrogens (tertiary/aromatic N) is 2. The lowest BCUT2D eigenvalue weighted by atomic mass is 10.1. The van der Waals surface area contributed by atoms with Gasteiger partial charge in [-0.3, -0.25) is 0 Å². The second kappa shape index (κ2) is 5.48. The van der Waals surface area contributed by atoms with Gasteiger partial charge in [-0.1, -0.05) is 12.1 Å². The van der Waals surface area contributed by atoms with Gasteiger partial charge in [0.1, 0.15) is 23.7 Å². The molecule has 0 saturated heterocycles. The molecule has 2 aromatic carbocycles. The Labute approximate surface area is 127 Å². The summed E-state index contributed by atoms with van der Waals surface area (Å²) in [6.45, 7) is 1.71. The van der Waals surface area contributed by atoms with Crippen molar-refractivity contribution in [3.8, 4) is 5.75 Å². The van der Waals surface area contributed by atoms with E-state index in [2.05, 4.69) is 15.3 Å². The lowest BCUT2D eigenvalue weighted by Gasteiger charge is -2.12. The van der Waals surface area contributed by atoms with Crippen molar-refractivity contribution < 1.29 is 9.13 Å². The summed E-state index contributed by atoms with van der Waals surface area (Å²) in [5, 5.41) is 3.69. The SMILES string of the molecule is COc1cc2ncnc(Nc3cccc(C)c3F)c2cc1N. The predicted octanol–water partition coefficient (Wildman–Crippen LogP) is 3.41. The van der Waals surface area contributed by atoms with Crippen LogP contribution in [0.5, 0.6) is 5.75 Å². The number of benzene rings is 2. The number of rotatable bonds is 3. The van der Waals surface area contributed by atoms with Crippen molar-refractivity contribution in [1.82, 2.24) is 9.97 Å². The first-order chi connectivity index (χ1) is 10.6. The monoisotopic (exact) mass is 298 g/mol. The number of fused-ring (bicyclic) bond motifs is 1. The average Bonchev–Trinajstić information content (AvgIpc) is 2.52. The fourth-order valence-corrected chi connectivity index (χ4v) is 2.25. The first kappa shape index (κ1) is 14.1. The smallest absolute Gasteiger partial charge is 0.149 e. The summed E-state index contributed by atoms with van der Waals surface area (Å²) in [4.78, 5) is 8.38. The molecule has 0 aliphatic heterocycles. The van der Waals surface area contributed by atoms with Crippen LogP contribution in [0.4, 0.5) is 21.6 Å². The number of methoxy groups -OCH3 is 1. The summed E-state index contributed by atoms with van der Waals surface area (Å²) in [5.41, 5.74) is 7.98. The molecule has 3 rings (SSSR count).